The second kappa shape index (κ2) is 4.98. The summed E-state index contributed by atoms with van der Waals surface area (Å²) >= 11 is 11.6. The molecule has 0 N–H and O–H groups in total. The van der Waals surface area contributed by atoms with Crippen LogP contribution in [0.1, 0.15) is 17.7 Å². The van der Waals surface area contributed by atoms with E-state index in [1.54, 1.807) is 12.1 Å². The summed E-state index contributed by atoms with van der Waals surface area (Å²) in [5, 5.41) is 3.87. The van der Waals surface area contributed by atoms with E-state index in [0.717, 1.165) is 0 Å². The van der Waals surface area contributed by atoms with Crippen molar-refractivity contribution in [2.75, 3.05) is 0 Å². The lowest BCUT2D eigenvalue weighted by Gasteiger charge is -2.01. The Kier molecular flexibility index (Phi) is 3.59. The lowest BCUT2D eigenvalue weighted by atomic mass is 10.3. The van der Waals surface area contributed by atoms with Crippen LogP contribution < -0.4 is 0 Å². The highest BCUT2D eigenvalue weighted by molar-refractivity contribution is 6.31. The minimum absolute atomic E-state index is 0.0986. The first-order valence-electron chi connectivity index (χ1n) is 4.67. The van der Waals surface area contributed by atoms with Gasteiger partial charge in [0.2, 0.25) is 0 Å². The molecule has 0 spiro atoms. The van der Waals surface area contributed by atoms with E-state index < -0.39 is 6.43 Å². The van der Waals surface area contributed by atoms with Crippen LogP contribution >= 0.6 is 23.2 Å². The Labute approximate surface area is 106 Å². The first-order valence-corrected chi connectivity index (χ1v) is 5.58. The Hall–Kier alpha value is -1.20. The molecule has 0 fully saturated rings. The molecule has 0 saturated carbocycles. The number of hydrogen-bond donors (Lipinski definition) is 0. The first kappa shape index (κ1) is 12.3. The highest BCUT2D eigenvalue weighted by Crippen LogP contribution is 2.30. The fourth-order valence-electron chi connectivity index (χ4n) is 1.40. The van der Waals surface area contributed by atoms with Gasteiger partial charge in [-0.25, -0.2) is 13.5 Å². The molecular formula is C10H7Cl2F2N3. The van der Waals surface area contributed by atoms with Crippen molar-refractivity contribution >= 4 is 23.2 Å². The molecule has 0 atom stereocenters. The Morgan fingerprint density at radius 2 is 1.94 bits per heavy atom. The van der Waals surface area contributed by atoms with Gasteiger partial charge in [0.15, 0.2) is 0 Å². The minimum Gasteiger partial charge on any atom is -0.265 e. The molecule has 17 heavy (non-hydrogen) atoms. The van der Waals surface area contributed by atoms with Crippen LogP contribution in [-0.2, 0) is 5.88 Å². The van der Waals surface area contributed by atoms with Crippen molar-refractivity contribution in [3.05, 3.63) is 40.9 Å². The predicted octanol–water partition coefficient (Wildman–Crippen LogP) is 3.60. The third kappa shape index (κ3) is 2.25. The van der Waals surface area contributed by atoms with Gasteiger partial charge in [0, 0.05) is 18.0 Å². The van der Waals surface area contributed by atoms with E-state index in [2.05, 4.69) is 10.1 Å². The van der Waals surface area contributed by atoms with Crippen molar-refractivity contribution in [3.8, 4) is 5.69 Å². The number of alkyl halides is 3. The van der Waals surface area contributed by atoms with Crippen LogP contribution in [-0.4, -0.2) is 14.8 Å². The SMILES string of the molecule is FC(F)c1nn(-c2ccncc2)c(Cl)c1CCl. The molecule has 2 rings (SSSR count). The molecule has 90 valence electrons. The standard InChI is InChI=1S/C10H7Cl2F2N3/c11-5-7-8(10(13)14)16-17(9(7)12)6-1-3-15-4-2-6/h1-4,10H,5H2. The van der Waals surface area contributed by atoms with Crippen LogP contribution in [0.25, 0.3) is 5.69 Å². The Morgan fingerprint density at radius 3 is 2.41 bits per heavy atom. The average Bonchev–Trinajstić information content (AvgIpc) is 2.67. The van der Waals surface area contributed by atoms with E-state index >= 15 is 0 Å². The van der Waals surface area contributed by atoms with Gasteiger partial charge in [-0.15, -0.1) is 11.6 Å². The van der Waals surface area contributed by atoms with Gasteiger partial charge in [-0.3, -0.25) is 4.98 Å². The van der Waals surface area contributed by atoms with Gasteiger partial charge in [-0.1, -0.05) is 11.6 Å². The molecule has 2 aromatic rings. The van der Waals surface area contributed by atoms with Gasteiger partial charge < -0.3 is 0 Å². The number of rotatable bonds is 3. The number of halogens is 4. The van der Waals surface area contributed by atoms with Gasteiger partial charge >= 0.3 is 0 Å². The van der Waals surface area contributed by atoms with E-state index in [0.29, 0.717) is 5.69 Å². The predicted molar refractivity (Wildman–Crippen MR) is 60.9 cm³/mol. The quantitative estimate of drug-likeness (QED) is 0.803. The second-order valence-electron chi connectivity index (χ2n) is 3.21. The molecule has 7 heteroatoms. The summed E-state index contributed by atoms with van der Waals surface area (Å²) in [5.41, 5.74) is 0.324. The van der Waals surface area contributed by atoms with Crippen LogP contribution in [0.4, 0.5) is 8.78 Å². The molecule has 0 bridgehead atoms. The van der Waals surface area contributed by atoms with Crippen LogP contribution in [0.15, 0.2) is 24.5 Å². The zero-order chi connectivity index (χ0) is 12.4. The summed E-state index contributed by atoms with van der Waals surface area (Å²) in [6, 6.07) is 3.23. The molecule has 2 heterocycles. The molecule has 0 radical (unpaired) electrons. The van der Waals surface area contributed by atoms with Crippen LogP contribution in [0.3, 0.4) is 0 Å². The lowest BCUT2D eigenvalue weighted by Crippen LogP contribution is -1.97. The van der Waals surface area contributed by atoms with Gasteiger partial charge in [0.1, 0.15) is 10.8 Å². The van der Waals surface area contributed by atoms with Gasteiger partial charge in [0.25, 0.3) is 6.43 Å². The van der Waals surface area contributed by atoms with Crippen LogP contribution in [0.5, 0.6) is 0 Å². The zero-order valence-electron chi connectivity index (χ0n) is 8.45. The van der Waals surface area contributed by atoms with E-state index in [9.17, 15) is 8.78 Å². The summed E-state index contributed by atoms with van der Waals surface area (Å²) < 4.78 is 26.7. The molecule has 0 unspecified atom stereocenters. The normalized spacial score (nSPS) is 11.1. The van der Waals surface area contributed by atoms with E-state index in [4.69, 9.17) is 23.2 Å². The third-order valence-electron chi connectivity index (χ3n) is 2.20. The smallest absolute Gasteiger partial charge is 0.265 e. The Balaban J connectivity index is 2.57. The fraction of sp³-hybridized carbons (Fsp3) is 0.200. The second-order valence-corrected chi connectivity index (χ2v) is 3.83. The summed E-state index contributed by atoms with van der Waals surface area (Å²) in [7, 11) is 0. The molecule has 2 aromatic heterocycles. The molecule has 3 nitrogen and oxygen atoms in total. The Morgan fingerprint density at radius 1 is 1.29 bits per heavy atom. The molecule has 0 aliphatic rings. The topological polar surface area (TPSA) is 30.7 Å². The molecule has 0 amide bonds. The molecule has 0 aromatic carbocycles. The largest absolute Gasteiger partial charge is 0.282 e. The zero-order valence-corrected chi connectivity index (χ0v) is 9.96. The third-order valence-corrected chi connectivity index (χ3v) is 2.86. The minimum atomic E-state index is -2.70. The molecular weight excluding hydrogens is 271 g/mol. The molecule has 0 saturated heterocycles. The van der Waals surface area contributed by atoms with Gasteiger partial charge in [-0.05, 0) is 12.1 Å². The fourth-order valence-corrected chi connectivity index (χ4v) is 2.03. The van der Waals surface area contributed by atoms with Crippen molar-refractivity contribution in [2.45, 2.75) is 12.3 Å². The van der Waals surface area contributed by atoms with E-state index in [1.165, 1.54) is 17.1 Å². The summed E-state index contributed by atoms with van der Waals surface area (Å²) in [6.07, 6.45) is 0.343. The maximum atomic E-state index is 12.7. The lowest BCUT2D eigenvalue weighted by molar-refractivity contribution is 0.144. The first-order chi connectivity index (χ1) is 8.15. The van der Waals surface area contributed by atoms with Gasteiger partial charge in [0.05, 0.1) is 11.6 Å². The van der Waals surface area contributed by atoms with Crippen molar-refractivity contribution in [1.82, 2.24) is 14.8 Å². The van der Waals surface area contributed by atoms with Crippen molar-refractivity contribution in [3.63, 3.8) is 0 Å². The number of aromatic nitrogens is 3. The molecule has 0 aliphatic heterocycles. The van der Waals surface area contributed by atoms with Crippen molar-refractivity contribution < 1.29 is 8.78 Å². The van der Waals surface area contributed by atoms with E-state index in [1.807, 2.05) is 0 Å². The maximum absolute atomic E-state index is 12.7. The van der Waals surface area contributed by atoms with Crippen LogP contribution in [0, 0.1) is 0 Å². The molecule has 0 aliphatic carbocycles. The monoisotopic (exact) mass is 277 g/mol. The van der Waals surface area contributed by atoms with Crippen molar-refractivity contribution in [2.24, 2.45) is 0 Å². The Bertz CT molecular complexity index is 514. The number of pyridine rings is 1. The number of hydrogen-bond acceptors (Lipinski definition) is 2. The summed E-state index contributed by atoms with van der Waals surface area (Å²) in [5.74, 6) is -0.108. The summed E-state index contributed by atoms with van der Waals surface area (Å²) in [4.78, 5) is 3.83. The van der Waals surface area contributed by atoms with Gasteiger partial charge in [-0.2, -0.15) is 5.10 Å². The number of nitrogens with zero attached hydrogens (tertiary/aromatic N) is 3. The average molecular weight is 278 g/mol. The van der Waals surface area contributed by atoms with Crippen molar-refractivity contribution in [1.29, 1.82) is 0 Å². The highest BCUT2D eigenvalue weighted by Gasteiger charge is 2.22. The van der Waals surface area contributed by atoms with E-state index in [-0.39, 0.29) is 22.3 Å². The maximum Gasteiger partial charge on any atom is 0.282 e. The highest BCUT2D eigenvalue weighted by atomic mass is 35.5. The van der Waals surface area contributed by atoms with Crippen LogP contribution in [0.2, 0.25) is 5.15 Å². The summed E-state index contributed by atoms with van der Waals surface area (Å²) in [6.45, 7) is 0.